The van der Waals surface area contributed by atoms with Gasteiger partial charge < -0.3 is 10.2 Å². The first-order chi connectivity index (χ1) is 18.0. The molecule has 1 heterocycles. The average Bonchev–Trinajstić information content (AvgIpc) is 3.06. The van der Waals surface area contributed by atoms with Crippen LogP contribution < -0.4 is 10.2 Å². The first kappa shape index (κ1) is 25.0. The molecule has 0 bridgehead atoms. The normalized spacial score (nSPS) is 18.1. The monoisotopic (exact) mass is 515 g/mol. The molecule has 1 aliphatic heterocycles. The molecule has 1 unspecified atom stereocenters. The maximum absolute atomic E-state index is 13.5. The fourth-order valence-electron chi connectivity index (χ4n) is 5.09. The van der Waals surface area contributed by atoms with Crippen molar-refractivity contribution in [2.75, 3.05) is 4.90 Å². The summed E-state index contributed by atoms with van der Waals surface area (Å²) in [5.41, 5.74) is 2.84. The standard InChI is InChI=1S/C29H29N3O4S/c33-28-18-27(20-14-16-21(17-15-20)29(34)30-23-9-2-1-3-10-23)37-26-13-7-6-12-25(26)31(28)19-22-8-4-5-11-24(22)32(35)36/h4-8,11-17,23,27H,1-3,9-10,18-19H2,(H,30,34). The van der Waals surface area contributed by atoms with Crippen LogP contribution in [0.3, 0.4) is 0 Å². The summed E-state index contributed by atoms with van der Waals surface area (Å²) in [4.78, 5) is 40.0. The van der Waals surface area contributed by atoms with Crippen LogP contribution in [0.25, 0.3) is 0 Å². The van der Waals surface area contributed by atoms with Crippen LogP contribution in [0.5, 0.6) is 0 Å². The summed E-state index contributed by atoms with van der Waals surface area (Å²) in [6.07, 6.45) is 5.87. The number of thioether (sulfide) groups is 1. The van der Waals surface area contributed by atoms with E-state index in [0.29, 0.717) is 11.1 Å². The molecule has 3 aromatic carbocycles. The molecule has 8 heteroatoms. The summed E-state index contributed by atoms with van der Waals surface area (Å²) in [5.74, 6) is -0.149. The predicted octanol–water partition coefficient (Wildman–Crippen LogP) is 6.43. The van der Waals surface area contributed by atoms with E-state index in [0.717, 1.165) is 41.8 Å². The SMILES string of the molecule is O=C(NC1CCCCC1)c1ccc(C2CC(=O)N(Cc3ccccc3[N+](=O)[O-])c3ccccc3S2)cc1. The van der Waals surface area contributed by atoms with E-state index in [-0.39, 0.29) is 41.8 Å². The van der Waals surface area contributed by atoms with E-state index in [2.05, 4.69) is 5.32 Å². The zero-order valence-electron chi connectivity index (χ0n) is 20.5. The second-order valence-electron chi connectivity index (χ2n) is 9.57. The molecule has 1 N–H and O–H groups in total. The Balaban J connectivity index is 1.36. The van der Waals surface area contributed by atoms with Gasteiger partial charge in [-0.2, -0.15) is 0 Å². The van der Waals surface area contributed by atoms with E-state index < -0.39 is 4.92 Å². The van der Waals surface area contributed by atoms with E-state index in [4.69, 9.17) is 0 Å². The lowest BCUT2D eigenvalue weighted by atomic mass is 9.95. The van der Waals surface area contributed by atoms with Crippen LogP contribution in [0.15, 0.2) is 77.7 Å². The molecule has 1 fully saturated rings. The van der Waals surface area contributed by atoms with Gasteiger partial charge in [0.2, 0.25) is 5.91 Å². The van der Waals surface area contributed by atoms with Gasteiger partial charge in [0, 0.05) is 39.8 Å². The van der Waals surface area contributed by atoms with Crippen molar-refractivity contribution in [3.63, 3.8) is 0 Å². The Morgan fingerprint density at radius 1 is 0.973 bits per heavy atom. The number of benzene rings is 3. The van der Waals surface area contributed by atoms with Crippen LogP contribution in [-0.4, -0.2) is 22.8 Å². The molecule has 0 radical (unpaired) electrons. The number of nitro benzene ring substituents is 1. The summed E-state index contributed by atoms with van der Waals surface area (Å²) in [5, 5.41) is 14.6. The molecule has 7 nitrogen and oxygen atoms in total. The number of para-hydroxylation sites is 2. The summed E-state index contributed by atoms with van der Waals surface area (Å²) in [6.45, 7) is 0.126. The second kappa shape index (κ2) is 11.2. The first-order valence-corrected chi connectivity index (χ1v) is 13.6. The Morgan fingerprint density at radius 3 is 2.43 bits per heavy atom. The highest BCUT2D eigenvalue weighted by Crippen LogP contribution is 2.46. The van der Waals surface area contributed by atoms with E-state index in [1.807, 2.05) is 48.5 Å². The quantitative estimate of drug-likeness (QED) is 0.302. The number of rotatable bonds is 6. The number of hydrogen-bond acceptors (Lipinski definition) is 5. The molecule has 37 heavy (non-hydrogen) atoms. The molecule has 0 saturated heterocycles. The maximum atomic E-state index is 13.5. The van der Waals surface area contributed by atoms with Gasteiger partial charge >= 0.3 is 0 Å². The van der Waals surface area contributed by atoms with Gasteiger partial charge in [0.15, 0.2) is 0 Å². The van der Waals surface area contributed by atoms with Crippen molar-refractivity contribution in [1.29, 1.82) is 0 Å². The maximum Gasteiger partial charge on any atom is 0.274 e. The largest absolute Gasteiger partial charge is 0.349 e. The zero-order chi connectivity index (χ0) is 25.8. The van der Waals surface area contributed by atoms with Crippen molar-refractivity contribution in [3.05, 3.63) is 99.6 Å². The van der Waals surface area contributed by atoms with Crippen LogP contribution in [0, 0.1) is 10.1 Å². The number of hydrogen-bond donors (Lipinski definition) is 1. The predicted molar refractivity (Wildman–Crippen MR) is 145 cm³/mol. The van der Waals surface area contributed by atoms with Gasteiger partial charge in [0.1, 0.15) is 0 Å². The molecule has 2 amide bonds. The molecule has 3 aromatic rings. The minimum Gasteiger partial charge on any atom is -0.349 e. The molecule has 0 aromatic heterocycles. The molecule has 1 aliphatic carbocycles. The van der Waals surface area contributed by atoms with Gasteiger partial charge in [-0.1, -0.05) is 61.7 Å². The number of nitrogens with zero attached hydrogens (tertiary/aromatic N) is 2. The molecule has 0 spiro atoms. The molecular formula is C29H29N3O4S. The van der Waals surface area contributed by atoms with Gasteiger partial charge in [-0.25, -0.2) is 0 Å². The smallest absolute Gasteiger partial charge is 0.274 e. The fourth-order valence-corrected chi connectivity index (χ4v) is 6.38. The number of carbonyl (C=O) groups is 2. The fraction of sp³-hybridized carbons (Fsp3) is 0.310. The molecular weight excluding hydrogens is 486 g/mol. The Morgan fingerprint density at radius 2 is 1.68 bits per heavy atom. The van der Waals surface area contributed by atoms with Gasteiger partial charge in [0.25, 0.3) is 11.6 Å². The van der Waals surface area contributed by atoms with Gasteiger partial charge in [0.05, 0.1) is 17.2 Å². The summed E-state index contributed by atoms with van der Waals surface area (Å²) < 4.78 is 0. The topological polar surface area (TPSA) is 92.6 Å². The highest BCUT2D eigenvalue weighted by atomic mass is 32.2. The number of carbonyl (C=O) groups excluding carboxylic acids is 2. The van der Waals surface area contributed by atoms with Crippen molar-refractivity contribution in [2.45, 2.75) is 61.3 Å². The molecule has 5 rings (SSSR count). The van der Waals surface area contributed by atoms with Crippen LogP contribution in [0.4, 0.5) is 11.4 Å². The van der Waals surface area contributed by atoms with Crippen LogP contribution in [0.1, 0.15) is 65.3 Å². The van der Waals surface area contributed by atoms with Crippen molar-refractivity contribution >= 4 is 35.0 Å². The molecule has 2 aliphatic rings. The van der Waals surface area contributed by atoms with Crippen LogP contribution in [-0.2, 0) is 11.3 Å². The zero-order valence-corrected chi connectivity index (χ0v) is 21.3. The number of fused-ring (bicyclic) bond motifs is 1. The number of nitrogens with one attached hydrogen (secondary N) is 1. The minimum absolute atomic E-state index is 0.00308. The van der Waals surface area contributed by atoms with Crippen molar-refractivity contribution in [1.82, 2.24) is 5.32 Å². The average molecular weight is 516 g/mol. The van der Waals surface area contributed by atoms with Crippen molar-refractivity contribution < 1.29 is 14.5 Å². The van der Waals surface area contributed by atoms with Crippen LogP contribution in [0.2, 0.25) is 0 Å². The Labute approximate surface area is 220 Å². The van der Waals surface area contributed by atoms with Crippen LogP contribution >= 0.6 is 11.8 Å². The third-order valence-electron chi connectivity index (χ3n) is 7.09. The third-order valence-corrected chi connectivity index (χ3v) is 8.41. The summed E-state index contributed by atoms with van der Waals surface area (Å²) in [7, 11) is 0. The second-order valence-corrected chi connectivity index (χ2v) is 10.8. The van der Waals surface area contributed by atoms with E-state index in [9.17, 15) is 19.7 Å². The molecule has 1 atom stereocenters. The number of anilines is 1. The lowest BCUT2D eigenvalue weighted by Crippen LogP contribution is -2.36. The van der Waals surface area contributed by atoms with E-state index in [1.165, 1.54) is 12.5 Å². The molecule has 190 valence electrons. The third kappa shape index (κ3) is 5.69. The highest BCUT2D eigenvalue weighted by molar-refractivity contribution is 7.99. The summed E-state index contributed by atoms with van der Waals surface area (Å²) in [6, 6.07) is 22.0. The van der Waals surface area contributed by atoms with E-state index >= 15 is 0 Å². The summed E-state index contributed by atoms with van der Waals surface area (Å²) >= 11 is 1.61. The van der Waals surface area contributed by atoms with E-state index in [1.54, 1.807) is 34.9 Å². The highest BCUT2D eigenvalue weighted by Gasteiger charge is 2.30. The lowest BCUT2D eigenvalue weighted by Gasteiger charge is -2.23. The van der Waals surface area contributed by atoms with Gasteiger partial charge in [-0.15, -0.1) is 11.8 Å². The van der Waals surface area contributed by atoms with Gasteiger partial charge in [-0.3, -0.25) is 19.7 Å². The molecule has 1 saturated carbocycles. The Kier molecular flexibility index (Phi) is 7.55. The first-order valence-electron chi connectivity index (χ1n) is 12.7. The van der Waals surface area contributed by atoms with Crippen molar-refractivity contribution in [3.8, 4) is 0 Å². The Bertz CT molecular complexity index is 1300. The lowest BCUT2D eigenvalue weighted by molar-refractivity contribution is -0.385. The van der Waals surface area contributed by atoms with Crippen molar-refractivity contribution in [2.24, 2.45) is 0 Å². The number of nitro groups is 1. The number of amides is 2. The Hall–Kier alpha value is -3.65. The van der Waals surface area contributed by atoms with Gasteiger partial charge in [-0.05, 0) is 42.7 Å². The minimum atomic E-state index is -0.410.